The van der Waals surface area contributed by atoms with Crippen LogP contribution in [0.25, 0.3) is 0 Å². The topological polar surface area (TPSA) is 84.0 Å². The van der Waals surface area contributed by atoms with Gasteiger partial charge < -0.3 is 0 Å². The van der Waals surface area contributed by atoms with Crippen LogP contribution in [0.1, 0.15) is 10.4 Å². The number of nitrogens with zero attached hydrogens (tertiary/aromatic N) is 2. The standard InChI is InChI=1S/C9H5N2O3/c10-6-5-9(12)7-1-3-8(4-2-7)11(13)14/h1-5H. The molecule has 0 saturated heterocycles. The molecule has 0 bridgehead atoms. The molecule has 1 aromatic carbocycles. The summed E-state index contributed by atoms with van der Waals surface area (Å²) in [7, 11) is 0. The molecule has 0 unspecified atom stereocenters. The molecule has 0 atom stereocenters. The van der Waals surface area contributed by atoms with E-state index in [9.17, 15) is 14.9 Å². The van der Waals surface area contributed by atoms with Crippen molar-refractivity contribution in [3.63, 3.8) is 0 Å². The van der Waals surface area contributed by atoms with E-state index in [0.29, 0.717) is 0 Å². The first-order valence-corrected chi connectivity index (χ1v) is 3.67. The maximum Gasteiger partial charge on any atom is 0.269 e. The number of rotatable bonds is 3. The van der Waals surface area contributed by atoms with Crippen LogP contribution in [0.2, 0.25) is 0 Å². The third-order valence-corrected chi connectivity index (χ3v) is 1.56. The number of Topliss-reactive ketones (excluding diaryl/α,β-unsaturated/α-hetero) is 1. The van der Waals surface area contributed by atoms with Crippen molar-refractivity contribution in [1.82, 2.24) is 0 Å². The lowest BCUT2D eigenvalue weighted by atomic mass is 10.1. The van der Waals surface area contributed by atoms with Crippen molar-refractivity contribution >= 4 is 11.5 Å². The second kappa shape index (κ2) is 4.14. The van der Waals surface area contributed by atoms with Crippen LogP contribution in [0.4, 0.5) is 5.69 Å². The van der Waals surface area contributed by atoms with E-state index in [1.807, 2.05) is 0 Å². The van der Waals surface area contributed by atoms with Crippen LogP contribution in [0.5, 0.6) is 0 Å². The molecule has 1 aromatic rings. The van der Waals surface area contributed by atoms with E-state index < -0.39 is 10.7 Å². The molecule has 0 saturated carbocycles. The van der Waals surface area contributed by atoms with Crippen molar-refractivity contribution in [3.05, 3.63) is 46.4 Å². The first kappa shape index (κ1) is 9.86. The van der Waals surface area contributed by atoms with Gasteiger partial charge in [-0.3, -0.25) is 14.9 Å². The monoisotopic (exact) mass is 189 g/mol. The van der Waals surface area contributed by atoms with Crippen molar-refractivity contribution in [3.8, 4) is 6.07 Å². The number of nitriles is 1. The van der Waals surface area contributed by atoms with Crippen molar-refractivity contribution in [2.24, 2.45) is 0 Å². The summed E-state index contributed by atoms with van der Waals surface area (Å²) >= 11 is 0. The molecule has 69 valence electrons. The van der Waals surface area contributed by atoms with Crippen LogP contribution in [-0.4, -0.2) is 10.7 Å². The van der Waals surface area contributed by atoms with Gasteiger partial charge in [0.15, 0.2) is 5.78 Å². The first-order valence-electron chi connectivity index (χ1n) is 3.67. The van der Waals surface area contributed by atoms with Gasteiger partial charge in [0.05, 0.1) is 11.0 Å². The minimum atomic E-state index is -0.553. The maximum absolute atomic E-state index is 11.1. The average Bonchev–Trinajstić information content (AvgIpc) is 2.18. The first-order chi connectivity index (χ1) is 6.65. The molecule has 5 nitrogen and oxygen atoms in total. The molecular weight excluding hydrogens is 184 g/mol. The summed E-state index contributed by atoms with van der Waals surface area (Å²) < 4.78 is 0. The van der Waals surface area contributed by atoms with Gasteiger partial charge >= 0.3 is 0 Å². The van der Waals surface area contributed by atoms with E-state index in [1.165, 1.54) is 24.3 Å². The number of carbonyl (C=O) groups is 1. The Morgan fingerprint density at radius 2 is 2.00 bits per heavy atom. The smallest absolute Gasteiger partial charge is 0.269 e. The number of nitro groups is 1. The Bertz CT molecular complexity index is 403. The van der Waals surface area contributed by atoms with Gasteiger partial charge in [0.25, 0.3) is 5.69 Å². The Labute approximate surface area is 79.7 Å². The summed E-state index contributed by atoms with van der Waals surface area (Å²) in [6.07, 6.45) is 0.848. The zero-order valence-electron chi connectivity index (χ0n) is 7.01. The summed E-state index contributed by atoms with van der Waals surface area (Å²) in [5.41, 5.74) is 0.177. The highest BCUT2D eigenvalue weighted by Crippen LogP contribution is 2.12. The quantitative estimate of drug-likeness (QED) is 0.409. The Morgan fingerprint density at radius 1 is 1.43 bits per heavy atom. The Hall–Kier alpha value is -2.22. The van der Waals surface area contributed by atoms with Crippen LogP contribution < -0.4 is 0 Å². The van der Waals surface area contributed by atoms with E-state index >= 15 is 0 Å². The fourth-order valence-electron chi connectivity index (χ4n) is 0.889. The molecule has 0 aliphatic carbocycles. The van der Waals surface area contributed by atoms with E-state index in [0.717, 1.165) is 6.42 Å². The van der Waals surface area contributed by atoms with E-state index in [-0.39, 0.29) is 11.3 Å². The number of hydrogen-bond donors (Lipinski definition) is 0. The highest BCUT2D eigenvalue weighted by molar-refractivity contribution is 6.04. The zero-order chi connectivity index (χ0) is 10.6. The lowest BCUT2D eigenvalue weighted by molar-refractivity contribution is -0.384. The molecule has 0 fully saturated rings. The van der Waals surface area contributed by atoms with Crippen molar-refractivity contribution in [2.45, 2.75) is 0 Å². The number of non-ortho nitro benzene ring substituents is 1. The van der Waals surface area contributed by atoms with Crippen molar-refractivity contribution in [2.75, 3.05) is 0 Å². The summed E-state index contributed by atoms with van der Waals surface area (Å²) in [6, 6.07) is 6.66. The molecule has 0 N–H and O–H groups in total. The predicted molar refractivity (Wildman–Crippen MR) is 47.3 cm³/mol. The number of nitro benzene ring substituents is 1. The van der Waals surface area contributed by atoms with Gasteiger partial charge in [0.1, 0.15) is 6.42 Å². The third-order valence-electron chi connectivity index (χ3n) is 1.56. The van der Waals surface area contributed by atoms with Crippen LogP contribution in [-0.2, 0) is 0 Å². The van der Waals surface area contributed by atoms with Gasteiger partial charge in [-0.05, 0) is 12.1 Å². The molecule has 5 heteroatoms. The minimum absolute atomic E-state index is 0.0847. The number of hydrogen-bond acceptors (Lipinski definition) is 4. The van der Waals surface area contributed by atoms with Gasteiger partial charge in [-0.25, -0.2) is 0 Å². The summed E-state index contributed by atoms with van der Waals surface area (Å²) in [4.78, 5) is 20.8. The third kappa shape index (κ3) is 2.14. The lowest BCUT2D eigenvalue weighted by Crippen LogP contribution is -1.98. The number of carbonyl (C=O) groups excluding carboxylic acids is 1. The molecule has 0 aliphatic rings. The van der Waals surface area contributed by atoms with Crippen LogP contribution in [0.15, 0.2) is 24.3 Å². The normalized spacial score (nSPS) is 9.07. The second-order valence-corrected chi connectivity index (χ2v) is 2.44. The molecule has 1 rings (SSSR count). The van der Waals surface area contributed by atoms with Gasteiger partial charge in [-0.1, -0.05) is 0 Å². The maximum atomic E-state index is 11.1. The number of ketones is 1. The average molecular weight is 189 g/mol. The fourth-order valence-corrected chi connectivity index (χ4v) is 0.889. The molecule has 0 amide bonds. The molecule has 0 aromatic heterocycles. The predicted octanol–water partition coefficient (Wildman–Crippen LogP) is 1.51. The molecule has 14 heavy (non-hydrogen) atoms. The van der Waals surface area contributed by atoms with E-state index in [4.69, 9.17) is 5.26 Å². The van der Waals surface area contributed by atoms with Crippen molar-refractivity contribution in [1.29, 1.82) is 5.26 Å². The molecule has 0 heterocycles. The molecule has 1 radical (unpaired) electrons. The largest absolute Gasteiger partial charge is 0.293 e. The minimum Gasteiger partial charge on any atom is -0.293 e. The van der Waals surface area contributed by atoms with Gasteiger partial charge in [-0.15, -0.1) is 0 Å². The van der Waals surface area contributed by atoms with E-state index in [2.05, 4.69) is 0 Å². The van der Waals surface area contributed by atoms with E-state index in [1.54, 1.807) is 6.07 Å². The molecular formula is C9H5N2O3. The Morgan fingerprint density at radius 3 is 2.43 bits per heavy atom. The molecule has 0 aliphatic heterocycles. The molecule has 0 spiro atoms. The van der Waals surface area contributed by atoms with Crippen LogP contribution >= 0.6 is 0 Å². The number of benzene rings is 1. The second-order valence-electron chi connectivity index (χ2n) is 2.44. The Balaban J connectivity index is 2.89. The van der Waals surface area contributed by atoms with Gasteiger partial charge in [-0.2, -0.15) is 5.26 Å². The Kier molecular flexibility index (Phi) is 2.92. The summed E-state index contributed by atoms with van der Waals surface area (Å²) in [5.74, 6) is -0.456. The highest BCUT2D eigenvalue weighted by Gasteiger charge is 2.08. The zero-order valence-corrected chi connectivity index (χ0v) is 7.01. The van der Waals surface area contributed by atoms with Crippen LogP contribution in [0.3, 0.4) is 0 Å². The van der Waals surface area contributed by atoms with Gasteiger partial charge in [0, 0.05) is 17.7 Å². The van der Waals surface area contributed by atoms with Crippen LogP contribution in [0, 0.1) is 27.9 Å². The lowest BCUT2D eigenvalue weighted by Gasteiger charge is -1.94. The van der Waals surface area contributed by atoms with Crippen molar-refractivity contribution < 1.29 is 9.72 Å². The fraction of sp³-hybridized carbons (Fsp3) is 0. The summed E-state index contributed by atoms with van der Waals surface area (Å²) in [5, 5.41) is 18.5. The highest BCUT2D eigenvalue weighted by atomic mass is 16.6. The summed E-state index contributed by atoms with van der Waals surface area (Å²) in [6.45, 7) is 0. The van der Waals surface area contributed by atoms with Gasteiger partial charge in [0.2, 0.25) is 0 Å². The SMILES string of the molecule is N#C[CH]C(=O)c1ccc([N+](=O)[O-])cc1.